The maximum Gasteiger partial charge on any atom is 0.180 e. The average Bonchev–Trinajstić information content (AvgIpc) is 2.51. The van der Waals surface area contributed by atoms with Crippen molar-refractivity contribution in [3.05, 3.63) is 60.7 Å². The van der Waals surface area contributed by atoms with E-state index in [0.29, 0.717) is 10.7 Å². The molecule has 2 aromatic rings. The number of nitrogens with zero attached hydrogens (tertiary/aromatic N) is 2. The monoisotopic (exact) mass is 537 g/mol. The van der Waals surface area contributed by atoms with Gasteiger partial charge in [0.1, 0.15) is 5.75 Å². The van der Waals surface area contributed by atoms with Gasteiger partial charge in [-0.25, -0.2) is 0 Å². The van der Waals surface area contributed by atoms with E-state index in [9.17, 15) is 5.11 Å². The summed E-state index contributed by atoms with van der Waals surface area (Å²) in [6, 6.07) is 13.8. The molecule has 4 nitrogen and oxygen atoms in total. The molecule has 7 heteroatoms. The average molecular weight is 537 g/mol. The van der Waals surface area contributed by atoms with Crippen LogP contribution < -0.4 is 5.73 Å². The van der Waals surface area contributed by atoms with E-state index in [-0.39, 0.29) is 5.75 Å². The Morgan fingerprint density at radius 2 is 1.95 bits per heavy atom. The number of rotatable bonds is 4. The minimum atomic E-state index is 0.204. The lowest BCUT2D eigenvalue weighted by atomic mass is 10.2. The minimum absolute atomic E-state index is 0.204. The van der Waals surface area contributed by atoms with Gasteiger partial charge in [0.2, 0.25) is 0 Å². The fraction of sp³-hybridized carbons (Fsp3) is 0.0667. The van der Waals surface area contributed by atoms with E-state index in [1.54, 1.807) is 0 Å². The second-order valence-corrected chi connectivity index (χ2v) is 7.69. The van der Waals surface area contributed by atoms with E-state index in [2.05, 4.69) is 55.4 Å². The van der Waals surface area contributed by atoms with Gasteiger partial charge in [-0.05, 0) is 62.9 Å². The van der Waals surface area contributed by atoms with Gasteiger partial charge in [-0.15, -0.1) is 5.10 Å². The molecule has 2 aromatic carbocycles. The molecule has 114 valence electrons. The van der Waals surface area contributed by atoms with E-state index in [4.69, 9.17) is 5.73 Å². The van der Waals surface area contributed by atoms with Gasteiger partial charge in [-0.3, -0.25) is 0 Å². The van der Waals surface area contributed by atoms with Gasteiger partial charge >= 0.3 is 0 Å². The van der Waals surface area contributed by atoms with Crippen molar-refractivity contribution in [2.24, 2.45) is 15.9 Å². The zero-order valence-electron chi connectivity index (χ0n) is 11.4. The van der Waals surface area contributed by atoms with Crippen LogP contribution in [0.2, 0.25) is 0 Å². The molecule has 0 heterocycles. The van der Waals surface area contributed by atoms with Crippen molar-refractivity contribution in [3.8, 4) is 5.75 Å². The molecule has 3 N–H and O–H groups in total. The molecule has 2 rings (SSSR count). The lowest BCUT2D eigenvalue weighted by Gasteiger charge is -2.02. The summed E-state index contributed by atoms with van der Waals surface area (Å²) in [6.07, 6.45) is 1.51. The van der Waals surface area contributed by atoms with Gasteiger partial charge in [-0.2, -0.15) is 5.10 Å². The molecule has 0 amide bonds. The number of hydrogen-bond acceptors (Lipinski definition) is 4. The molecule has 0 bridgehead atoms. The third-order valence-electron chi connectivity index (χ3n) is 2.64. The van der Waals surface area contributed by atoms with Crippen molar-refractivity contribution in [3.63, 3.8) is 0 Å². The van der Waals surface area contributed by atoms with Crippen molar-refractivity contribution in [2.45, 2.75) is 5.75 Å². The molecule has 0 unspecified atom stereocenters. The van der Waals surface area contributed by atoms with Gasteiger partial charge in [0.15, 0.2) is 5.17 Å². The van der Waals surface area contributed by atoms with Crippen molar-refractivity contribution in [2.75, 3.05) is 0 Å². The molecule has 0 fully saturated rings. The maximum absolute atomic E-state index is 9.95. The Balaban J connectivity index is 1.98. The number of halogens is 2. The number of hydrogen-bond donors (Lipinski definition) is 2. The normalized spacial score (nSPS) is 12.0. The zero-order chi connectivity index (χ0) is 15.9. The maximum atomic E-state index is 9.95. The lowest BCUT2D eigenvalue weighted by Crippen LogP contribution is -2.06. The fourth-order valence-corrected chi connectivity index (χ4v) is 4.09. The van der Waals surface area contributed by atoms with Crippen LogP contribution in [0, 0.1) is 7.14 Å². The van der Waals surface area contributed by atoms with Gasteiger partial charge in [0.05, 0.1) is 9.78 Å². The highest BCUT2D eigenvalue weighted by molar-refractivity contribution is 14.1. The van der Waals surface area contributed by atoms with E-state index in [1.165, 1.54) is 23.5 Å². The van der Waals surface area contributed by atoms with Gasteiger partial charge < -0.3 is 10.8 Å². The summed E-state index contributed by atoms with van der Waals surface area (Å²) in [5.41, 5.74) is 7.62. The summed E-state index contributed by atoms with van der Waals surface area (Å²) in [4.78, 5) is 0. The number of nitrogens with two attached hydrogens (primary N) is 1. The Morgan fingerprint density at radius 3 is 2.68 bits per heavy atom. The fourth-order valence-electron chi connectivity index (χ4n) is 1.59. The van der Waals surface area contributed by atoms with Crippen molar-refractivity contribution < 1.29 is 5.11 Å². The Bertz CT molecular complexity index is 705. The quantitative estimate of drug-likeness (QED) is 0.266. The highest BCUT2D eigenvalue weighted by Gasteiger charge is 2.05. The minimum Gasteiger partial charge on any atom is -0.506 e. The summed E-state index contributed by atoms with van der Waals surface area (Å²) < 4.78 is 1.80. The molecule has 0 saturated carbocycles. The van der Waals surface area contributed by atoms with Crippen LogP contribution in [0.4, 0.5) is 0 Å². The lowest BCUT2D eigenvalue weighted by molar-refractivity contribution is 0.470. The first kappa shape index (κ1) is 17.5. The first-order chi connectivity index (χ1) is 10.6. The van der Waals surface area contributed by atoms with Crippen molar-refractivity contribution >= 4 is 68.3 Å². The van der Waals surface area contributed by atoms with Gasteiger partial charge in [-0.1, -0.05) is 42.1 Å². The predicted molar refractivity (Wildman–Crippen MR) is 110 cm³/mol. The van der Waals surface area contributed by atoms with Crippen LogP contribution >= 0.6 is 56.9 Å². The zero-order valence-corrected chi connectivity index (χ0v) is 16.5. The molecule has 22 heavy (non-hydrogen) atoms. The Morgan fingerprint density at radius 1 is 1.23 bits per heavy atom. The Hall–Kier alpha value is -0.810. The summed E-state index contributed by atoms with van der Waals surface area (Å²) >= 11 is 5.69. The van der Waals surface area contributed by atoms with E-state index >= 15 is 0 Å². The van der Waals surface area contributed by atoms with Crippen molar-refractivity contribution in [1.29, 1.82) is 0 Å². The molecular formula is C15H13I2N3OS. The van der Waals surface area contributed by atoms with Crippen LogP contribution in [0.5, 0.6) is 5.75 Å². The van der Waals surface area contributed by atoms with Gasteiger partial charge in [0.25, 0.3) is 0 Å². The number of phenols is 1. The summed E-state index contributed by atoms with van der Waals surface area (Å²) in [5, 5.41) is 18.2. The van der Waals surface area contributed by atoms with Crippen LogP contribution in [0.3, 0.4) is 0 Å². The molecule has 0 atom stereocenters. The van der Waals surface area contributed by atoms with Crippen LogP contribution in [-0.4, -0.2) is 16.5 Å². The first-order valence-electron chi connectivity index (χ1n) is 6.27. The van der Waals surface area contributed by atoms with Crippen LogP contribution in [0.25, 0.3) is 0 Å². The second-order valence-electron chi connectivity index (χ2n) is 4.28. The van der Waals surface area contributed by atoms with E-state index in [0.717, 1.165) is 12.9 Å². The summed E-state index contributed by atoms with van der Waals surface area (Å²) in [6.45, 7) is 0. The van der Waals surface area contributed by atoms with E-state index in [1.807, 2.05) is 42.5 Å². The smallest absolute Gasteiger partial charge is 0.180 e. The highest BCUT2D eigenvalue weighted by Crippen LogP contribution is 2.25. The molecule has 0 saturated heterocycles. The van der Waals surface area contributed by atoms with Crippen LogP contribution in [-0.2, 0) is 5.75 Å². The second kappa shape index (κ2) is 8.73. The Kier molecular flexibility index (Phi) is 6.96. The number of aromatic hydroxyl groups is 1. The van der Waals surface area contributed by atoms with Crippen LogP contribution in [0.1, 0.15) is 11.1 Å². The number of amidine groups is 1. The largest absolute Gasteiger partial charge is 0.506 e. The number of thioether (sulfide) groups is 1. The molecule has 0 aliphatic rings. The molecule has 0 aromatic heterocycles. The predicted octanol–water partition coefficient (Wildman–Crippen LogP) is 4.18. The molecule has 0 radical (unpaired) electrons. The van der Waals surface area contributed by atoms with Crippen molar-refractivity contribution in [1.82, 2.24) is 0 Å². The SMILES string of the molecule is NC(=NN=Cc1cc(I)cc(I)c1O)SCc1ccccc1. The van der Waals surface area contributed by atoms with Gasteiger partial charge in [0, 0.05) is 14.9 Å². The topological polar surface area (TPSA) is 71.0 Å². The first-order valence-corrected chi connectivity index (χ1v) is 9.42. The summed E-state index contributed by atoms with van der Waals surface area (Å²) in [7, 11) is 0. The third-order valence-corrected chi connectivity index (χ3v) is 4.94. The van der Waals surface area contributed by atoms with Crippen LogP contribution in [0.15, 0.2) is 52.7 Å². The van der Waals surface area contributed by atoms with E-state index < -0.39 is 0 Å². The third kappa shape index (κ3) is 5.43. The molecule has 0 aliphatic heterocycles. The molecular weight excluding hydrogens is 524 g/mol. The number of phenolic OH excluding ortho intramolecular Hbond substituents is 1. The standard InChI is InChI=1S/C15H13I2N3OS/c16-12-6-11(14(21)13(17)7-12)8-19-20-15(18)22-9-10-4-2-1-3-5-10/h1-8,21H,9H2,(H2,18,20). The molecule has 0 aliphatic carbocycles. The number of benzene rings is 2. The molecule has 0 spiro atoms. The summed E-state index contributed by atoms with van der Waals surface area (Å²) in [5.74, 6) is 0.952. The Labute approximate surface area is 160 Å². The highest BCUT2D eigenvalue weighted by atomic mass is 127.